The normalized spacial score (nSPS) is 15.4. The lowest BCUT2D eigenvalue weighted by Gasteiger charge is -2.27. The van der Waals surface area contributed by atoms with Crippen molar-refractivity contribution in [2.24, 2.45) is 0 Å². The zero-order chi connectivity index (χ0) is 21.3. The second-order valence-electron chi connectivity index (χ2n) is 8.25. The Morgan fingerprint density at radius 3 is 2.30 bits per heavy atom. The van der Waals surface area contributed by atoms with Crippen LogP contribution in [0.3, 0.4) is 0 Å². The maximum absolute atomic E-state index is 12.7. The number of rotatable bonds is 8. The quantitative estimate of drug-likeness (QED) is 0.698. The van der Waals surface area contributed by atoms with Crippen LogP contribution in [0.5, 0.6) is 0 Å². The van der Waals surface area contributed by atoms with Crippen LogP contribution in [-0.4, -0.2) is 29.8 Å². The van der Waals surface area contributed by atoms with Gasteiger partial charge in [-0.15, -0.1) is 0 Å². The molecule has 1 atom stereocenters. The fraction of sp³-hybridized carbons (Fsp3) is 0.440. The molecule has 1 fully saturated rings. The van der Waals surface area contributed by atoms with Crippen LogP contribution < -0.4 is 10.6 Å². The van der Waals surface area contributed by atoms with Gasteiger partial charge in [-0.3, -0.25) is 14.5 Å². The van der Waals surface area contributed by atoms with Gasteiger partial charge in [0.2, 0.25) is 11.8 Å². The molecule has 3 rings (SSSR count). The molecular formula is C25H33N3O2. The fourth-order valence-electron chi connectivity index (χ4n) is 3.99. The van der Waals surface area contributed by atoms with Gasteiger partial charge in [0.15, 0.2) is 0 Å². The molecule has 2 aromatic carbocycles. The summed E-state index contributed by atoms with van der Waals surface area (Å²) in [5.41, 5.74) is 4.52. The lowest BCUT2D eigenvalue weighted by molar-refractivity contribution is -0.122. The smallest absolute Gasteiger partial charge is 0.222 e. The number of likely N-dealkylation sites (tertiary alicyclic amines) is 1. The number of hydrogen-bond donors (Lipinski definition) is 2. The Balaban J connectivity index is 1.60. The number of carbonyl (C=O) groups is 2. The number of carbonyl (C=O) groups excluding carboxylic acids is 2. The highest BCUT2D eigenvalue weighted by atomic mass is 16.2. The lowest BCUT2D eigenvalue weighted by Crippen LogP contribution is -2.33. The van der Waals surface area contributed by atoms with Crippen molar-refractivity contribution < 1.29 is 9.59 Å². The van der Waals surface area contributed by atoms with Crippen LogP contribution in [0.2, 0.25) is 0 Å². The van der Waals surface area contributed by atoms with Gasteiger partial charge >= 0.3 is 0 Å². The zero-order valence-electron chi connectivity index (χ0n) is 18.1. The zero-order valence-corrected chi connectivity index (χ0v) is 18.1. The minimum atomic E-state index is -0.327. The summed E-state index contributed by atoms with van der Waals surface area (Å²) < 4.78 is 0. The first-order valence-electron chi connectivity index (χ1n) is 10.9. The third-order valence-corrected chi connectivity index (χ3v) is 5.68. The number of nitrogens with one attached hydrogen (secondary N) is 2. The molecule has 1 unspecified atom stereocenters. The molecular weight excluding hydrogens is 374 g/mol. The molecule has 1 heterocycles. The van der Waals surface area contributed by atoms with Crippen LogP contribution >= 0.6 is 0 Å². The highest BCUT2D eigenvalue weighted by molar-refractivity contribution is 5.79. The third kappa shape index (κ3) is 6.70. The van der Waals surface area contributed by atoms with E-state index in [0.717, 1.165) is 36.3 Å². The summed E-state index contributed by atoms with van der Waals surface area (Å²) in [6, 6.07) is 15.9. The summed E-state index contributed by atoms with van der Waals surface area (Å²) in [7, 11) is 0. The minimum Gasteiger partial charge on any atom is -0.352 e. The average Bonchev–Trinajstić information content (AvgIpc) is 2.74. The Morgan fingerprint density at radius 1 is 0.967 bits per heavy atom. The largest absolute Gasteiger partial charge is 0.352 e. The molecule has 0 aliphatic carbocycles. The first kappa shape index (κ1) is 22.0. The maximum atomic E-state index is 12.7. The predicted molar refractivity (Wildman–Crippen MR) is 120 cm³/mol. The van der Waals surface area contributed by atoms with Gasteiger partial charge in [0.05, 0.1) is 12.5 Å². The minimum absolute atomic E-state index is 0.0675. The Hall–Kier alpha value is -2.66. The summed E-state index contributed by atoms with van der Waals surface area (Å²) in [4.78, 5) is 26.8. The summed E-state index contributed by atoms with van der Waals surface area (Å²) in [5.74, 6) is -0.206. The monoisotopic (exact) mass is 407 g/mol. The number of aryl methyl sites for hydroxylation is 1. The van der Waals surface area contributed by atoms with Crippen molar-refractivity contribution in [1.82, 2.24) is 15.5 Å². The van der Waals surface area contributed by atoms with E-state index in [4.69, 9.17) is 0 Å². The molecule has 1 aliphatic rings. The predicted octanol–water partition coefficient (Wildman–Crippen LogP) is 3.86. The van der Waals surface area contributed by atoms with Gasteiger partial charge in [-0.1, -0.05) is 60.5 Å². The van der Waals surface area contributed by atoms with E-state index in [-0.39, 0.29) is 24.3 Å². The molecule has 30 heavy (non-hydrogen) atoms. The van der Waals surface area contributed by atoms with Gasteiger partial charge in [-0.05, 0) is 49.5 Å². The topological polar surface area (TPSA) is 61.4 Å². The van der Waals surface area contributed by atoms with Gasteiger partial charge in [0.1, 0.15) is 0 Å². The average molecular weight is 408 g/mol. The molecule has 1 aliphatic heterocycles. The van der Waals surface area contributed by atoms with Crippen molar-refractivity contribution in [1.29, 1.82) is 0 Å². The molecule has 2 amide bonds. The van der Waals surface area contributed by atoms with Gasteiger partial charge in [0, 0.05) is 20.0 Å². The number of amides is 2. The van der Waals surface area contributed by atoms with Crippen LogP contribution in [0.4, 0.5) is 0 Å². The van der Waals surface area contributed by atoms with E-state index in [1.165, 1.54) is 31.7 Å². The highest BCUT2D eigenvalue weighted by Gasteiger charge is 2.18. The molecule has 5 nitrogen and oxygen atoms in total. The third-order valence-electron chi connectivity index (χ3n) is 5.68. The summed E-state index contributed by atoms with van der Waals surface area (Å²) >= 11 is 0. The first-order valence-corrected chi connectivity index (χ1v) is 10.9. The van der Waals surface area contributed by atoms with Gasteiger partial charge < -0.3 is 10.6 Å². The van der Waals surface area contributed by atoms with Crippen LogP contribution in [0, 0.1) is 6.92 Å². The molecule has 160 valence electrons. The Bertz CT molecular complexity index is 842. The molecule has 2 N–H and O–H groups in total. The van der Waals surface area contributed by atoms with E-state index in [2.05, 4.69) is 33.7 Å². The molecule has 0 radical (unpaired) electrons. The van der Waals surface area contributed by atoms with Crippen LogP contribution in [-0.2, 0) is 22.7 Å². The first-order chi connectivity index (χ1) is 14.5. The molecule has 2 aromatic rings. The lowest BCUT2D eigenvalue weighted by atomic mass is 10.0. The molecule has 5 heteroatoms. The summed E-state index contributed by atoms with van der Waals surface area (Å²) in [5, 5.41) is 5.96. The van der Waals surface area contributed by atoms with E-state index in [1.54, 1.807) is 0 Å². The Morgan fingerprint density at radius 2 is 1.63 bits per heavy atom. The van der Waals surface area contributed by atoms with Crippen molar-refractivity contribution in [3.8, 4) is 0 Å². The van der Waals surface area contributed by atoms with E-state index in [9.17, 15) is 9.59 Å². The van der Waals surface area contributed by atoms with Crippen LogP contribution in [0.1, 0.15) is 60.9 Å². The number of hydrogen-bond acceptors (Lipinski definition) is 3. The van der Waals surface area contributed by atoms with Crippen LogP contribution in [0.25, 0.3) is 0 Å². The standard InChI is InChI=1S/C25H33N3O2/c1-19-10-12-21(13-11-19)24(27-20(2)29)16-25(30)26-17-22-8-4-5-9-23(22)18-28-14-6-3-7-15-28/h4-5,8-13,24H,3,6-7,14-18H2,1-2H3,(H,26,30)(H,27,29). The van der Waals surface area contributed by atoms with Crippen molar-refractivity contribution in [2.45, 2.75) is 58.7 Å². The molecule has 1 saturated heterocycles. The summed E-state index contributed by atoms with van der Waals surface area (Å²) in [6.07, 6.45) is 4.08. The van der Waals surface area contributed by atoms with Crippen molar-refractivity contribution in [3.05, 3.63) is 70.8 Å². The fourth-order valence-corrected chi connectivity index (χ4v) is 3.99. The highest BCUT2D eigenvalue weighted by Crippen LogP contribution is 2.19. The van der Waals surface area contributed by atoms with Crippen molar-refractivity contribution >= 4 is 11.8 Å². The van der Waals surface area contributed by atoms with E-state index < -0.39 is 0 Å². The second kappa shape index (κ2) is 10.9. The molecule has 0 saturated carbocycles. The van der Waals surface area contributed by atoms with E-state index in [1.807, 2.05) is 37.3 Å². The SMILES string of the molecule is CC(=O)NC(CC(=O)NCc1ccccc1CN1CCCCC1)c1ccc(C)cc1. The van der Waals surface area contributed by atoms with E-state index >= 15 is 0 Å². The number of benzene rings is 2. The molecule has 0 bridgehead atoms. The van der Waals surface area contributed by atoms with Gasteiger partial charge in [-0.2, -0.15) is 0 Å². The number of piperidine rings is 1. The van der Waals surface area contributed by atoms with Crippen molar-refractivity contribution in [3.63, 3.8) is 0 Å². The number of nitrogens with zero attached hydrogens (tertiary/aromatic N) is 1. The second-order valence-corrected chi connectivity index (χ2v) is 8.25. The molecule has 0 spiro atoms. The Kier molecular flexibility index (Phi) is 8.03. The molecule has 0 aromatic heterocycles. The maximum Gasteiger partial charge on any atom is 0.222 e. The van der Waals surface area contributed by atoms with E-state index in [0.29, 0.717) is 6.54 Å². The van der Waals surface area contributed by atoms with Crippen LogP contribution in [0.15, 0.2) is 48.5 Å². The van der Waals surface area contributed by atoms with Gasteiger partial charge in [0.25, 0.3) is 0 Å². The van der Waals surface area contributed by atoms with Crippen molar-refractivity contribution in [2.75, 3.05) is 13.1 Å². The summed E-state index contributed by atoms with van der Waals surface area (Å²) in [6.45, 7) is 7.24. The Labute approximate surface area is 179 Å². The van der Waals surface area contributed by atoms with Gasteiger partial charge in [-0.25, -0.2) is 0 Å².